The van der Waals surface area contributed by atoms with Crippen LogP contribution in [0.2, 0.25) is 0 Å². The molecule has 3 heteroatoms. The molecular weight excluding hydrogens is 376 g/mol. The highest BCUT2D eigenvalue weighted by molar-refractivity contribution is 7.99. The molecule has 0 aromatic carbocycles. The van der Waals surface area contributed by atoms with E-state index >= 15 is 0 Å². The molecule has 0 radical (unpaired) electrons. The van der Waals surface area contributed by atoms with E-state index in [4.69, 9.17) is 4.74 Å². The normalized spacial score (nSPS) is 35.6. The van der Waals surface area contributed by atoms with E-state index in [9.17, 15) is 4.79 Å². The Bertz CT molecular complexity index is 577. The van der Waals surface area contributed by atoms with E-state index in [1.165, 1.54) is 77.0 Å². The Kier molecular flexibility index (Phi) is 7.35. The first-order valence-electron chi connectivity index (χ1n) is 12.5. The van der Waals surface area contributed by atoms with Gasteiger partial charge < -0.3 is 4.74 Å². The van der Waals surface area contributed by atoms with Gasteiger partial charge in [-0.25, -0.2) is 0 Å². The molecule has 0 heterocycles. The van der Waals surface area contributed by atoms with Crippen molar-refractivity contribution in [2.75, 3.05) is 11.5 Å². The maximum Gasteiger partial charge on any atom is 0.316 e. The number of thioether (sulfide) groups is 1. The summed E-state index contributed by atoms with van der Waals surface area (Å²) >= 11 is 1.87. The number of hydrogen-bond acceptors (Lipinski definition) is 3. The van der Waals surface area contributed by atoms with Gasteiger partial charge in [0.25, 0.3) is 0 Å². The number of esters is 1. The van der Waals surface area contributed by atoms with Crippen LogP contribution in [-0.2, 0) is 9.53 Å². The van der Waals surface area contributed by atoms with Crippen LogP contribution in [0.1, 0.15) is 90.9 Å². The number of ether oxygens (including phenoxy) is 1. The van der Waals surface area contributed by atoms with Gasteiger partial charge in [0, 0.05) is 0 Å². The predicted molar refractivity (Wildman–Crippen MR) is 123 cm³/mol. The summed E-state index contributed by atoms with van der Waals surface area (Å²) in [6.45, 7) is 4.27. The summed E-state index contributed by atoms with van der Waals surface area (Å²) in [6.07, 6.45) is 21.0. The second-order valence-corrected chi connectivity index (χ2v) is 11.9. The first kappa shape index (κ1) is 21.8. The Morgan fingerprint density at radius 1 is 0.931 bits per heavy atom. The Hall–Kier alpha value is -0.440. The van der Waals surface area contributed by atoms with Crippen LogP contribution in [0.4, 0.5) is 0 Å². The van der Waals surface area contributed by atoms with Crippen LogP contribution in [0, 0.1) is 35.5 Å². The third kappa shape index (κ3) is 5.25. The van der Waals surface area contributed by atoms with E-state index in [1.807, 2.05) is 11.8 Å². The second kappa shape index (κ2) is 9.79. The molecule has 4 aliphatic carbocycles. The molecule has 0 saturated heterocycles. The van der Waals surface area contributed by atoms with Crippen molar-refractivity contribution in [1.29, 1.82) is 0 Å². The topological polar surface area (TPSA) is 26.3 Å². The molecule has 3 fully saturated rings. The Labute approximate surface area is 183 Å². The molecule has 0 aromatic heterocycles. The number of carbonyl (C=O) groups is 1. The van der Waals surface area contributed by atoms with Crippen LogP contribution in [-0.4, -0.2) is 23.1 Å². The minimum absolute atomic E-state index is 0.0154. The molecule has 0 amide bonds. The van der Waals surface area contributed by atoms with Gasteiger partial charge in [0.2, 0.25) is 0 Å². The fourth-order valence-electron chi connectivity index (χ4n) is 7.22. The molecule has 4 aliphatic rings. The highest BCUT2D eigenvalue weighted by atomic mass is 32.2. The van der Waals surface area contributed by atoms with Gasteiger partial charge >= 0.3 is 5.97 Å². The highest BCUT2D eigenvalue weighted by Gasteiger charge is 2.44. The highest BCUT2D eigenvalue weighted by Crippen LogP contribution is 2.52. The van der Waals surface area contributed by atoms with Crippen LogP contribution in [0.3, 0.4) is 0 Å². The summed E-state index contributed by atoms with van der Waals surface area (Å²) < 4.78 is 6.01. The molecule has 164 valence electrons. The van der Waals surface area contributed by atoms with Crippen molar-refractivity contribution in [2.45, 2.75) is 96.5 Å². The van der Waals surface area contributed by atoms with Crippen molar-refractivity contribution in [1.82, 2.24) is 0 Å². The van der Waals surface area contributed by atoms with Crippen molar-refractivity contribution in [3.63, 3.8) is 0 Å². The molecule has 2 nitrogen and oxygen atoms in total. The molecule has 0 aromatic rings. The first-order valence-corrected chi connectivity index (χ1v) is 13.6. The monoisotopic (exact) mass is 418 g/mol. The van der Waals surface area contributed by atoms with Gasteiger partial charge in [-0.05, 0) is 93.6 Å². The van der Waals surface area contributed by atoms with Crippen LogP contribution in [0.5, 0.6) is 0 Å². The molecule has 0 N–H and O–H groups in total. The zero-order valence-electron chi connectivity index (χ0n) is 18.7. The quantitative estimate of drug-likeness (QED) is 0.342. The SMILES string of the molecule is CC(C)(OC(=O)CSCC1C2CC=CC[C@H]2CC2CCCC[C@H]21)C1CCCCC1. The van der Waals surface area contributed by atoms with Gasteiger partial charge in [-0.1, -0.05) is 50.7 Å². The summed E-state index contributed by atoms with van der Waals surface area (Å²) in [6, 6.07) is 0. The minimum Gasteiger partial charge on any atom is -0.459 e. The maximum atomic E-state index is 12.7. The lowest BCUT2D eigenvalue weighted by atomic mass is 9.56. The molecule has 3 saturated carbocycles. The predicted octanol–water partition coefficient (Wildman–Crippen LogP) is 7.03. The fraction of sp³-hybridized carbons (Fsp3) is 0.885. The Morgan fingerprint density at radius 3 is 2.48 bits per heavy atom. The summed E-state index contributed by atoms with van der Waals surface area (Å²) in [7, 11) is 0. The van der Waals surface area contributed by atoms with Crippen molar-refractivity contribution in [2.24, 2.45) is 35.5 Å². The molecule has 0 bridgehead atoms. The van der Waals surface area contributed by atoms with E-state index in [1.54, 1.807) is 0 Å². The van der Waals surface area contributed by atoms with Crippen LogP contribution < -0.4 is 0 Å². The zero-order chi connectivity index (χ0) is 20.3. The lowest BCUT2D eigenvalue weighted by molar-refractivity contribution is -0.159. The second-order valence-electron chi connectivity index (χ2n) is 10.9. The largest absolute Gasteiger partial charge is 0.459 e. The van der Waals surface area contributed by atoms with Gasteiger partial charge in [0.05, 0.1) is 5.75 Å². The summed E-state index contributed by atoms with van der Waals surface area (Å²) in [4.78, 5) is 12.7. The van der Waals surface area contributed by atoms with Crippen molar-refractivity contribution < 1.29 is 9.53 Å². The smallest absolute Gasteiger partial charge is 0.316 e. The molecule has 0 aliphatic heterocycles. The first-order chi connectivity index (χ1) is 14.0. The molecular formula is C26H42O2S. The zero-order valence-corrected chi connectivity index (χ0v) is 19.6. The fourth-order valence-corrected chi connectivity index (χ4v) is 8.33. The average Bonchev–Trinajstić information content (AvgIpc) is 2.73. The number of allylic oxidation sites excluding steroid dienone is 2. The number of fused-ring (bicyclic) bond motifs is 2. The number of carbonyl (C=O) groups excluding carboxylic acids is 1. The third-order valence-electron chi connectivity index (χ3n) is 8.79. The molecule has 0 spiro atoms. The third-order valence-corrected chi connectivity index (χ3v) is 9.85. The molecule has 5 atom stereocenters. The van der Waals surface area contributed by atoms with E-state index in [0.717, 1.165) is 35.3 Å². The number of hydrogen-bond donors (Lipinski definition) is 0. The average molecular weight is 419 g/mol. The molecule has 3 unspecified atom stereocenters. The Morgan fingerprint density at radius 2 is 1.66 bits per heavy atom. The number of rotatable bonds is 6. The van der Waals surface area contributed by atoms with E-state index in [2.05, 4.69) is 26.0 Å². The Balaban J connectivity index is 1.30. The molecule has 4 rings (SSSR count). The van der Waals surface area contributed by atoms with Gasteiger partial charge in [0.15, 0.2) is 0 Å². The van der Waals surface area contributed by atoms with E-state index in [0.29, 0.717) is 11.7 Å². The van der Waals surface area contributed by atoms with E-state index < -0.39 is 0 Å². The lowest BCUT2D eigenvalue weighted by Crippen LogP contribution is -2.43. The van der Waals surface area contributed by atoms with Crippen molar-refractivity contribution in [3.8, 4) is 0 Å². The van der Waals surface area contributed by atoms with Crippen LogP contribution in [0.15, 0.2) is 12.2 Å². The summed E-state index contributed by atoms with van der Waals surface area (Å²) in [5.41, 5.74) is -0.295. The lowest BCUT2D eigenvalue weighted by Gasteiger charge is -2.50. The van der Waals surface area contributed by atoms with Gasteiger partial charge in [0.1, 0.15) is 5.60 Å². The molecule has 29 heavy (non-hydrogen) atoms. The van der Waals surface area contributed by atoms with Gasteiger partial charge in [-0.3, -0.25) is 4.79 Å². The van der Waals surface area contributed by atoms with Crippen molar-refractivity contribution in [3.05, 3.63) is 12.2 Å². The van der Waals surface area contributed by atoms with Crippen LogP contribution >= 0.6 is 11.8 Å². The van der Waals surface area contributed by atoms with Crippen molar-refractivity contribution >= 4 is 17.7 Å². The summed E-state index contributed by atoms with van der Waals surface area (Å²) in [5, 5.41) is 0. The van der Waals surface area contributed by atoms with Gasteiger partial charge in [-0.2, -0.15) is 0 Å². The standard InChI is InChI=1S/C26H42O2S/c1-26(2,21-12-4-3-5-13-21)28-25(27)18-29-17-24-22-14-8-6-10-19(22)16-20-11-7-9-15-23(20)24/h6,8,19-24H,3-5,7,9-18H2,1-2H3/t19-,20?,22?,23+,24?/m0/s1. The van der Waals surface area contributed by atoms with E-state index in [-0.39, 0.29) is 11.6 Å². The maximum absolute atomic E-state index is 12.7. The van der Waals surface area contributed by atoms with Gasteiger partial charge in [-0.15, -0.1) is 11.8 Å². The minimum atomic E-state index is -0.295. The van der Waals surface area contributed by atoms with Crippen LogP contribution in [0.25, 0.3) is 0 Å². The summed E-state index contributed by atoms with van der Waals surface area (Å²) in [5.74, 6) is 6.71.